The summed E-state index contributed by atoms with van der Waals surface area (Å²) in [4.78, 5) is 27.2. The van der Waals surface area contributed by atoms with Crippen molar-refractivity contribution in [2.75, 3.05) is 11.4 Å². The molecule has 1 saturated heterocycles. The predicted molar refractivity (Wildman–Crippen MR) is 109 cm³/mol. The summed E-state index contributed by atoms with van der Waals surface area (Å²) in [6.07, 6.45) is 2.44. The molecule has 6 nitrogen and oxygen atoms in total. The average molecular weight is 419 g/mol. The highest BCUT2D eigenvalue weighted by Crippen LogP contribution is 2.34. The zero-order valence-corrected chi connectivity index (χ0v) is 17.5. The Morgan fingerprint density at radius 2 is 2.17 bits per heavy atom. The van der Waals surface area contributed by atoms with Crippen LogP contribution in [0.5, 0.6) is 0 Å². The molecule has 29 heavy (non-hydrogen) atoms. The monoisotopic (exact) mass is 418 g/mol. The van der Waals surface area contributed by atoms with Gasteiger partial charge >= 0.3 is 6.03 Å². The van der Waals surface area contributed by atoms with E-state index in [2.05, 4.69) is 10.4 Å². The molecule has 154 valence electrons. The summed E-state index contributed by atoms with van der Waals surface area (Å²) in [5.74, 6) is -0.484. The number of urea groups is 1. The number of halogens is 2. The van der Waals surface area contributed by atoms with Gasteiger partial charge in [0.15, 0.2) is 0 Å². The van der Waals surface area contributed by atoms with Crippen molar-refractivity contribution in [3.8, 4) is 0 Å². The van der Waals surface area contributed by atoms with Gasteiger partial charge in [0.2, 0.25) is 0 Å². The highest BCUT2D eigenvalue weighted by atomic mass is 35.5. The van der Waals surface area contributed by atoms with Crippen molar-refractivity contribution in [3.05, 3.63) is 46.5 Å². The lowest BCUT2D eigenvalue weighted by Gasteiger charge is -2.30. The molecule has 0 aliphatic carbocycles. The Bertz CT molecular complexity index is 987. The van der Waals surface area contributed by atoms with Gasteiger partial charge in [0, 0.05) is 25.3 Å². The molecule has 0 spiro atoms. The first-order valence-corrected chi connectivity index (χ1v) is 10.1. The molecule has 8 heteroatoms. The fourth-order valence-corrected chi connectivity index (χ4v) is 4.48. The molecule has 0 bridgehead atoms. The quantitative estimate of drug-likeness (QED) is 0.824. The summed E-state index contributed by atoms with van der Waals surface area (Å²) in [5, 5.41) is 7.44. The van der Waals surface area contributed by atoms with Crippen LogP contribution in [0.15, 0.2) is 24.4 Å². The normalized spacial score (nSPS) is 23.1. The standard InChI is InChI=1S/C21H24ClFN4O2/c1-12-10-27-17(18(9-24-27)26-11-21(2,3)25-20(26)29)8-14(12)19(28)7-13-4-5-16(23)15(22)6-13/h4-6,9,12,14H,7-8,10-11H2,1-3H3,(H,25,29)/t12-,14?/m0/s1. The second-order valence-electron chi connectivity index (χ2n) is 8.74. The van der Waals surface area contributed by atoms with Crippen LogP contribution in [0.3, 0.4) is 0 Å². The van der Waals surface area contributed by atoms with Crippen molar-refractivity contribution in [2.45, 2.75) is 45.7 Å². The molecular formula is C21H24ClFN4O2. The van der Waals surface area contributed by atoms with Gasteiger partial charge in [-0.1, -0.05) is 24.6 Å². The number of aromatic nitrogens is 2. The maximum absolute atomic E-state index is 13.4. The number of fused-ring (bicyclic) bond motifs is 1. The maximum atomic E-state index is 13.4. The molecule has 1 aromatic carbocycles. The Balaban J connectivity index is 1.56. The molecule has 2 aliphatic heterocycles. The highest BCUT2D eigenvalue weighted by Gasteiger charge is 2.40. The maximum Gasteiger partial charge on any atom is 0.322 e. The predicted octanol–water partition coefficient (Wildman–Crippen LogP) is 3.60. The molecule has 1 unspecified atom stereocenters. The SMILES string of the molecule is C[C@H]1Cn2ncc(N3CC(C)(C)NC3=O)c2CC1C(=O)Cc1ccc(F)c(Cl)c1. The van der Waals surface area contributed by atoms with E-state index in [-0.39, 0.29) is 40.6 Å². The van der Waals surface area contributed by atoms with Gasteiger partial charge < -0.3 is 5.32 Å². The molecule has 2 aliphatic rings. The fraction of sp³-hybridized carbons (Fsp3) is 0.476. The Morgan fingerprint density at radius 1 is 1.41 bits per heavy atom. The van der Waals surface area contributed by atoms with Crippen LogP contribution in [-0.4, -0.2) is 33.7 Å². The van der Waals surface area contributed by atoms with Gasteiger partial charge in [-0.2, -0.15) is 5.10 Å². The molecule has 1 aromatic heterocycles. The zero-order valence-electron chi connectivity index (χ0n) is 16.7. The van der Waals surface area contributed by atoms with Crippen molar-refractivity contribution in [1.82, 2.24) is 15.1 Å². The van der Waals surface area contributed by atoms with Gasteiger partial charge in [-0.15, -0.1) is 0 Å². The molecular weight excluding hydrogens is 395 g/mol. The van der Waals surface area contributed by atoms with Crippen molar-refractivity contribution in [1.29, 1.82) is 0 Å². The van der Waals surface area contributed by atoms with E-state index in [9.17, 15) is 14.0 Å². The van der Waals surface area contributed by atoms with E-state index < -0.39 is 5.82 Å². The third-order valence-corrected chi connectivity index (χ3v) is 6.09. The summed E-state index contributed by atoms with van der Waals surface area (Å²) in [6, 6.07) is 4.25. The zero-order chi connectivity index (χ0) is 20.9. The van der Waals surface area contributed by atoms with Crippen LogP contribution in [0.1, 0.15) is 32.0 Å². The van der Waals surface area contributed by atoms with Crippen LogP contribution in [0.4, 0.5) is 14.9 Å². The number of hydrogen-bond acceptors (Lipinski definition) is 3. The van der Waals surface area contributed by atoms with Gasteiger partial charge in [0.25, 0.3) is 0 Å². The molecule has 0 saturated carbocycles. The minimum atomic E-state index is -0.491. The van der Waals surface area contributed by atoms with E-state index in [4.69, 9.17) is 11.6 Å². The van der Waals surface area contributed by atoms with E-state index in [1.165, 1.54) is 12.1 Å². The first-order chi connectivity index (χ1) is 13.6. The van der Waals surface area contributed by atoms with E-state index in [1.807, 2.05) is 25.5 Å². The van der Waals surface area contributed by atoms with Gasteiger partial charge in [-0.25, -0.2) is 9.18 Å². The molecule has 2 atom stereocenters. The van der Waals surface area contributed by atoms with Crippen LogP contribution >= 0.6 is 11.6 Å². The van der Waals surface area contributed by atoms with Crippen LogP contribution in [0.2, 0.25) is 5.02 Å². The number of ketones is 1. The number of hydrogen-bond donors (Lipinski definition) is 1. The lowest BCUT2D eigenvalue weighted by molar-refractivity contribution is -0.124. The molecule has 1 N–H and O–H groups in total. The van der Waals surface area contributed by atoms with E-state index in [0.29, 0.717) is 25.1 Å². The smallest absolute Gasteiger partial charge is 0.322 e. The number of benzene rings is 1. The molecule has 4 rings (SSSR count). The fourth-order valence-electron chi connectivity index (χ4n) is 4.27. The van der Waals surface area contributed by atoms with Crippen molar-refractivity contribution in [3.63, 3.8) is 0 Å². The Hall–Kier alpha value is -2.41. The van der Waals surface area contributed by atoms with E-state index in [0.717, 1.165) is 11.4 Å². The van der Waals surface area contributed by atoms with Crippen LogP contribution < -0.4 is 10.2 Å². The largest absolute Gasteiger partial charge is 0.331 e. The third kappa shape index (κ3) is 3.75. The first kappa shape index (κ1) is 19.9. The van der Waals surface area contributed by atoms with Crippen LogP contribution in [0, 0.1) is 17.7 Å². The lowest BCUT2D eigenvalue weighted by Crippen LogP contribution is -2.36. The molecule has 2 amide bonds. The summed E-state index contributed by atoms with van der Waals surface area (Å²) >= 11 is 5.85. The number of rotatable bonds is 4. The Labute approximate surface area is 174 Å². The molecule has 3 heterocycles. The summed E-state index contributed by atoms with van der Waals surface area (Å²) in [5.41, 5.74) is 2.06. The minimum Gasteiger partial charge on any atom is -0.331 e. The topological polar surface area (TPSA) is 67.2 Å². The Morgan fingerprint density at radius 3 is 2.83 bits per heavy atom. The van der Waals surface area contributed by atoms with Crippen molar-refractivity contribution >= 4 is 29.1 Å². The number of anilines is 1. The lowest BCUT2D eigenvalue weighted by atomic mass is 9.81. The molecule has 0 radical (unpaired) electrons. The molecule has 2 aromatic rings. The first-order valence-electron chi connectivity index (χ1n) is 9.75. The van der Waals surface area contributed by atoms with E-state index in [1.54, 1.807) is 17.2 Å². The number of nitrogens with zero attached hydrogens (tertiary/aromatic N) is 3. The number of carbonyl (C=O) groups is 2. The number of nitrogens with one attached hydrogen (secondary N) is 1. The minimum absolute atomic E-state index is 0.0232. The second kappa shape index (κ2) is 7.13. The van der Waals surface area contributed by atoms with Gasteiger partial charge in [0.05, 0.1) is 34.7 Å². The van der Waals surface area contributed by atoms with Crippen LogP contribution in [-0.2, 0) is 24.2 Å². The third-order valence-electron chi connectivity index (χ3n) is 5.80. The molecule has 1 fully saturated rings. The highest BCUT2D eigenvalue weighted by molar-refractivity contribution is 6.30. The number of Topliss-reactive ketones (excluding diaryl/α,β-unsaturated/α-hetero) is 1. The average Bonchev–Trinajstić information content (AvgIpc) is 3.15. The summed E-state index contributed by atoms with van der Waals surface area (Å²) in [7, 11) is 0. The number of amides is 2. The Kier molecular flexibility index (Phi) is 4.89. The van der Waals surface area contributed by atoms with Gasteiger partial charge in [0.1, 0.15) is 11.6 Å². The van der Waals surface area contributed by atoms with Gasteiger partial charge in [-0.05, 0) is 37.5 Å². The van der Waals surface area contributed by atoms with Crippen LogP contribution in [0.25, 0.3) is 0 Å². The summed E-state index contributed by atoms with van der Waals surface area (Å²) in [6.45, 7) is 7.16. The second-order valence-corrected chi connectivity index (χ2v) is 9.15. The van der Waals surface area contributed by atoms with Gasteiger partial charge in [-0.3, -0.25) is 14.4 Å². The van der Waals surface area contributed by atoms with E-state index >= 15 is 0 Å². The van der Waals surface area contributed by atoms with Crippen molar-refractivity contribution < 1.29 is 14.0 Å². The van der Waals surface area contributed by atoms with Crippen molar-refractivity contribution in [2.24, 2.45) is 11.8 Å². The summed E-state index contributed by atoms with van der Waals surface area (Å²) < 4.78 is 15.3. The number of carbonyl (C=O) groups excluding carboxylic acids is 2.